The second-order valence-corrected chi connectivity index (χ2v) is 5.96. The Kier molecular flexibility index (Phi) is 6.69. The molecule has 0 unspecified atom stereocenters. The summed E-state index contributed by atoms with van der Waals surface area (Å²) in [5, 5.41) is 7.14. The molecule has 1 aromatic rings. The lowest BCUT2D eigenvalue weighted by atomic mass is 10.2. The van der Waals surface area contributed by atoms with Gasteiger partial charge in [0.2, 0.25) is 11.8 Å². The molecule has 132 valence electrons. The Morgan fingerprint density at radius 3 is 2.83 bits per heavy atom. The second-order valence-electron chi connectivity index (χ2n) is 5.96. The zero-order valence-corrected chi connectivity index (χ0v) is 14.1. The van der Waals surface area contributed by atoms with Crippen molar-refractivity contribution >= 4 is 17.5 Å². The van der Waals surface area contributed by atoms with Gasteiger partial charge in [-0.3, -0.25) is 14.4 Å². The van der Waals surface area contributed by atoms with Crippen LogP contribution >= 0.6 is 0 Å². The minimum atomic E-state index is -0.677. The molecule has 1 atom stereocenters. The van der Waals surface area contributed by atoms with Crippen LogP contribution in [-0.4, -0.2) is 42.6 Å². The number of benzene rings is 1. The SMILES string of the molecule is Cc1cc(F)ccc1NC(=O)[C@@H](C)NC(=O)CCN1CCCCO1. The number of anilines is 1. The molecule has 2 rings (SSSR count). The zero-order chi connectivity index (χ0) is 17.5. The molecule has 1 heterocycles. The molecule has 1 aliphatic heterocycles. The molecule has 0 spiro atoms. The number of amides is 2. The first-order chi connectivity index (χ1) is 11.5. The topological polar surface area (TPSA) is 70.7 Å². The third-order valence-electron chi connectivity index (χ3n) is 3.88. The van der Waals surface area contributed by atoms with Crippen LogP contribution in [0.25, 0.3) is 0 Å². The molecular weight excluding hydrogens is 313 g/mol. The van der Waals surface area contributed by atoms with Crippen LogP contribution < -0.4 is 10.6 Å². The number of hydrogen-bond acceptors (Lipinski definition) is 4. The van der Waals surface area contributed by atoms with Crippen LogP contribution in [0.15, 0.2) is 18.2 Å². The molecule has 1 aromatic carbocycles. The smallest absolute Gasteiger partial charge is 0.246 e. The van der Waals surface area contributed by atoms with Crippen molar-refractivity contribution in [1.82, 2.24) is 10.4 Å². The Morgan fingerprint density at radius 2 is 2.17 bits per heavy atom. The largest absolute Gasteiger partial charge is 0.345 e. The van der Waals surface area contributed by atoms with E-state index in [4.69, 9.17) is 4.84 Å². The molecule has 0 radical (unpaired) electrons. The Bertz CT molecular complexity index is 588. The first-order valence-electron chi connectivity index (χ1n) is 8.20. The van der Waals surface area contributed by atoms with E-state index in [2.05, 4.69) is 10.6 Å². The molecule has 1 fully saturated rings. The van der Waals surface area contributed by atoms with E-state index in [1.165, 1.54) is 18.2 Å². The summed E-state index contributed by atoms with van der Waals surface area (Å²) >= 11 is 0. The molecular formula is C17H24FN3O3. The normalized spacial score (nSPS) is 16.5. The highest BCUT2D eigenvalue weighted by molar-refractivity contribution is 5.97. The Hall–Kier alpha value is -1.99. The number of aryl methyl sites for hydroxylation is 1. The summed E-state index contributed by atoms with van der Waals surface area (Å²) < 4.78 is 13.1. The predicted molar refractivity (Wildman–Crippen MR) is 88.7 cm³/mol. The Balaban J connectivity index is 1.76. The maximum atomic E-state index is 13.1. The maximum absolute atomic E-state index is 13.1. The fourth-order valence-corrected chi connectivity index (χ4v) is 2.44. The highest BCUT2D eigenvalue weighted by Gasteiger charge is 2.18. The van der Waals surface area contributed by atoms with Crippen LogP contribution in [0.5, 0.6) is 0 Å². The molecule has 0 bridgehead atoms. The van der Waals surface area contributed by atoms with E-state index in [1.807, 2.05) is 0 Å². The van der Waals surface area contributed by atoms with Crippen LogP contribution in [0, 0.1) is 12.7 Å². The van der Waals surface area contributed by atoms with Crippen molar-refractivity contribution in [1.29, 1.82) is 0 Å². The first kappa shape index (κ1) is 18.4. The number of hydroxylamine groups is 2. The van der Waals surface area contributed by atoms with E-state index in [1.54, 1.807) is 18.9 Å². The van der Waals surface area contributed by atoms with Crippen molar-refractivity contribution in [3.05, 3.63) is 29.6 Å². The average Bonchev–Trinajstić information content (AvgIpc) is 2.56. The summed E-state index contributed by atoms with van der Waals surface area (Å²) in [5.74, 6) is -0.901. The van der Waals surface area contributed by atoms with Crippen LogP contribution in [0.2, 0.25) is 0 Å². The molecule has 24 heavy (non-hydrogen) atoms. The van der Waals surface area contributed by atoms with Gasteiger partial charge in [0.15, 0.2) is 0 Å². The second kappa shape index (κ2) is 8.75. The lowest BCUT2D eigenvalue weighted by Crippen LogP contribution is -2.43. The lowest BCUT2D eigenvalue weighted by Gasteiger charge is -2.25. The van der Waals surface area contributed by atoms with E-state index in [-0.39, 0.29) is 24.1 Å². The van der Waals surface area contributed by atoms with Gasteiger partial charge < -0.3 is 10.6 Å². The molecule has 1 aliphatic rings. The van der Waals surface area contributed by atoms with Gasteiger partial charge in [0, 0.05) is 25.2 Å². The van der Waals surface area contributed by atoms with Crippen LogP contribution in [0.4, 0.5) is 10.1 Å². The molecule has 0 aliphatic carbocycles. The summed E-state index contributed by atoms with van der Waals surface area (Å²) in [5.41, 5.74) is 1.16. The van der Waals surface area contributed by atoms with Gasteiger partial charge in [-0.25, -0.2) is 4.39 Å². The van der Waals surface area contributed by atoms with Gasteiger partial charge in [-0.2, -0.15) is 5.06 Å². The average molecular weight is 337 g/mol. The van der Waals surface area contributed by atoms with Crippen molar-refractivity contribution in [2.75, 3.05) is 25.0 Å². The van der Waals surface area contributed by atoms with E-state index < -0.39 is 6.04 Å². The van der Waals surface area contributed by atoms with Gasteiger partial charge in [0.25, 0.3) is 0 Å². The molecule has 2 amide bonds. The first-order valence-corrected chi connectivity index (χ1v) is 8.20. The molecule has 2 N–H and O–H groups in total. The van der Waals surface area contributed by atoms with Gasteiger partial charge in [-0.05, 0) is 50.5 Å². The van der Waals surface area contributed by atoms with E-state index >= 15 is 0 Å². The van der Waals surface area contributed by atoms with Crippen molar-refractivity contribution in [3.8, 4) is 0 Å². The summed E-state index contributed by atoms with van der Waals surface area (Å²) in [4.78, 5) is 29.5. The summed E-state index contributed by atoms with van der Waals surface area (Å²) in [6.07, 6.45) is 2.38. The van der Waals surface area contributed by atoms with E-state index in [0.717, 1.165) is 19.4 Å². The third kappa shape index (κ3) is 5.58. The number of halogens is 1. The zero-order valence-electron chi connectivity index (χ0n) is 14.1. The minimum absolute atomic E-state index is 0.206. The molecule has 0 saturated carbocycles. The standard InChI is InChI=1S/C17H24FN3O3/c1-12-11-14(18)5-6-15(12)20-17(23)13(2)19-16(22)7-9-21-8-3-4-10-24-21/h5-6,11,13H,3-4,7-10H2,1-2H3,(H,19,22)(H,20,23)/t13-/m1/s1. The molecule has 6 nitrogen and oxygen atoms in total. The third-order valence-corrected chi connectivity index (χ3v) is 3.88. The van der Waals surface area contributed by atoms with Crippen LogP contribution in [0.1, 0.15) is 31.7 Å². The lowest BCUT2D eigenvalue weighted by molar-refractivity contribution is -0.181. The van der Waals surface area contributed by atoms with Crippen molar-refractivity contribution in [3.63, 3.8) is 0 Å². The van der Waals surface area contributed by atoms with Gasteiger partial charge in [-0.1, -0.05) is 0 Å². The predicted octanol–water partition coefficient (Wildman–Crippen LogP) is 1.99. The van der Waals surface area contributed by atoms with Gasteiger partial charge >= 0.3 is 0 Å². The van der Waals surface area contributed by atoms with Gasteiger partial charge in [0.05, 0.1) is 6.61 Å². The van der Waals surface area contributed by atoms with Crippen molar-refractivity contribution < 1.29 is 18.8 Å². The molecule has 7 heteroatoms. The van der Waals surface area contributed by atoms with Crippen LogP contribution in [0.3, 0.4) is 0 Å². The van der Waals surface area contributed by atoms with Crippen molar-refractivity contribution in [2.24, 2.45) is 0 Å². The summed E-state index contributed by atoms with van der Waals surface area (Å²) in [6, 6.07) is 3.46. The molecule has 0 aromatic heterocycles. The highest BCUT2D eigenvalue weighted by Crippen LogP contribution is 2.15. The Labute approximate surface area is 141 Å². The van der Waals surface area contributed by atoms with E-state index in [9.17, 15) is 14.0 Å². The number of hydrogen-bond donors (Lipinski definition) is 2. The Morgan fingerprint density at radius 1 is 1.38 bits per heavy atom. The summed E-state index contributed by atoms with van der Waals surface area (Å²) in [6.45, 7) is 5.35. The quantitative estimate of drug-likeness (QED) is 0.833. The van der Waals surface area contributed by atoms with Crippen LogP contribution in [-0.2, 0) is 14.4 Å². The van der Waals surface area contributed by atoms with Crippen molar-refractivity contribution in [2.45, 2.75) is 39.2 Å². The van der Waals surface area contributed by atoms with Gasteiger partial charge in [-0.15, -0.1) is 0 Å². The fourth-order valence-electron chi connectivity index (χ4n) is 2.44. The number of nitrogens with zero attached hydrogens (tertiary/aromatic N) is 1. The number of rotatable bonds is 6. The minimum Gasteiger partial charge on any atom is -0.345 e. The summed E-state index contributed by atoms with van der Waals surface area (Å²) in [7, 11) is 0. The molecule has 1 saturated heterocycles. The highest BCUT2D eigenvalue weighted by atomic mass is 19.1. The fraction of sp³-hybridized carbons (Fsp3) is 0.529. The number of carbonyl (C=O) groups is 2. The number of carbonyl (C=O) groups excluding carboxylic acids is 2. The monoisotopic (exact) mass is 337 g/mol. The number of nitrogens with one attached hydrogen (secondary N) is 2. The maximum Gasteiger partial charge on any atom is 0.246 e. The van der Waals surface area contributed by atoms with Gasteiger partial charge in [0.1, 0.15) is 11.9 Å². The van der Waals surface area contributed by atoms with E-state index in [0.29, 0.717) is 24.4 Å².